The van der Waals surface area contributed by atoms with Crippen LogP contribution in [0.4, 0.5) is 5.69 Å². The molecule has 1 aliphatic rings. The van der Waals surface area contributed by atoms with Crippen molar-refractivity contribution in [1.29, 1.82) is 0 Å². The van der Waals surface area contributed by atoms with Crippen LogP contribution in [0, 0.1) is 5.92 Å². The first-order chi connectivity index (χ1) is 9.63. The Hall–Kier alpha value is -2.01. The first kappa shape index (κ1) is 13.0. The second kappa shape index (κ2) is 5.17. The Bertz CT molecular complexity index is 654. The summed E-state index contributed by atoms with van der Waals surface area (Å²) in [6.07, 6.45) is 4.17. The molecule has 0 spiro atoms. The zero-order valence-corrected chi connectivity index (χ0v) is 11.4. The van der Waals surface area contributed by atoms with Gasteiger partial charge >= 0.3 is 0 Å². The number of rotatable bonds is 2. The average Bonchev–Trinajstić information content (AvgIpc) is 2.90. The van der Waals surface area contributed by atoms with Gasteiger partial charge in [0.2, 0.25) is 5.91 Å². The fourth-order valence-corrected chi connectivity index (χ4v) is 2.64. The van der Waals surface area contributed by atoms with Crippen molar-refractivity contribution in [3.63, 3.8) is 0 Å². The molecule has 3 rings (SSSR count). The van der Waals surface area contributed by atoms with Gasteiger partial charge in [0.1, 0.15) is 5.75 Å². The van der Waals surface area contributed by atoms with Gasteiger partial charge in [0.25, 0.3) is 0 Å². The summed E-state index contributed by atoms with van der Waals surface area (Å²) in [7, 11) is 0. The molecule has 1 amide bonds. The summed E-state index contributed by atoms with van der Waals surface area (Å²) < 4.78 is 0. The molecule has 3 N–H and O–H groups in total. The number of aromatic hydroxyl groups is 1. The minimum Gasteiger partial charge on any atom is -0.506 e. The van der Waals surface area contributed by atoms with Gasteiger partial charge in [-0.3, -0.25) is 9.89 Å². The minimum atomic E-state index is -0.0736. The Morgan fingerprint density at radius 1 is 1.50 bits per heavy atom. The van der Waals surface area contributed by atoms with Crippen molar-refractivity contribution >= 4 is 23.2 Å². The highest BCUT2D eigenvalue weighted by molar-refractivity contribution is 6.32. The maximum Gasteiger partial charge on any atom is 0.227 e. The number of anilines is 1. The van der Waals surface area contributed by atoms with Gasteiger partial charge in [0, 0.05) is 23.7 Å². The summed E-state index contributed by atoms with van der Waals surface area (Å²) in [4.78, 5) is 12.2. The number of hydrogen-bond donors (Lipinski definition) is 3. The molecule has 1 heterocycles. The summed E-state index contributed by atoms with van der Waals surface area (Å²) in [6, 6.07) is 4.63. The fraction of sp³-hybridized carbons (Fsp3) is 0.286. The summed E-state index contributed by atoms with van der Waals surface area (Å²) >= 11 is 5.82. The molecular formula is C14H14ClN3O2. The van der Waals surface area contributed by atoms with Crippen LogP contribution in [0.3, 0.4) is 0 Å². The van der Waals surface area contributed by atoms with Crippen molar-refractivity contribution < 1.29 is 9.90 Å². The highest BCUT2D eigenvalue weighted by Gasteiger charge is 2.25. The lowest BCUT2D eigenvalue weighted by molar-refractivity contribution is -0.120. The number of fused-ring (bicyclic) bond motifs is 1. The number of phenolic OH excluding ortho intramolecular Hbond substituents is 1. The van der Waals surface area contributed by atoms with Crippen LogP contribution in [0.25, 0.3) is 0 Å². The molecule has 0 radical (unpaired) electrons. The molecule has 1 aliphatic carbocycles. The molecule has 0 bridgehead atoms. The van der Waals surface area contributed by atoms with E-state index in [1.807, 2.05) is 6.20 Å². The average molecular weight is 292 g/mol. The van der Waals surface area contributed by atoms with Gasteiger partial charge in [-0.1, -0.05) is 11.6 Å². The van der Waals surface area contributed by atoms with Crippen molar-refractivity contribution in [3.05, 3.63) is 40.7 Å². The molecule has 0 saturated carbocycles. The zero-order chi connectivity index (χ0) is 14.1. The van der Waals surface area contributed by atoms with E-state index in [9.17, 15) is 9.90 Å². The molecule has 104 valence electrons. The topological polar surface area (TPSA) is 78.0 Å². The van der Waals surface area contributed by atoms with Crippen molar-refractivity contribution in [1.82, 2.24) is 10.2 Å². The van der Waals surface area contributed by atoms with Crippen LogP contribution in [0.15, 0.2) is 24.4 Å². The number of carbonyl (C=O) groups is 1. The number of carbonyl (C=O) groups excluding carboxylic acids is 1. The molecule has 0 fully saturated rings. The van der Waals surface area contributed by atoms with Crippen molar-refractivity contribution in [2.24, 2.45) is 5.92 Å². The summed E-state index contributed by atoms with van der Waals surface area (Å²) in [5, 5.41) is 19.4. The van der Waals surface area contributed by atoms with Gasteiger partial charge < -0.3 is 10.4 Å². The van der Waals surface area contributed by atoms with E-state index in [0.29, 0.717) is 12.1 Å². The van der Waals surface area contributed by atoms with E-state index in [1.165, 1.54) is 11.6 Å². The van der Waals surface area contributed by atoms with E-state index in [4.69, 9.17) is 11.6 Å². The van der Waals surface area contributed by atoms with E-state index >= 15 is 0 Å². The van der Waals surface area contributed by atoms with Gasteiger partial charge in [0.15, 0.2) is 0 Å². The lowest BCUT2D eigenvalue weighted by Crippen LogP contribution is -2.28. The van der Waals surface area contributed by atoms with Crippen LogP contribution in [0.1, 0.15) is 17.7 Å². The van der Waals surface area contributed by atoms with Crippen LogP contribution in [0.2, 0.25) is 5.02 Å². The molecular weight excluding hydrogens is 278 g/mol. The highest BCUT2D eigenvalue weighted by atomic mass is 35.5. The highest BCUT2D eigenvalue weighted by Crippen LogP contribution is 2.28. The number of benzene rings is 1. The van der Waals surface area contributed by atoms with Crippen molar-refractivity contribution in [2.45, 2.75) is 19.3 Å². The lowest BCUT2D eigenvalue weighted by atomic mass is 9.87. The third kappa shape index (κ3) is 2.49. The number of H-pyrrole nitrogens is 1. The van der Waals surface area contributed by atoms with Crippen LogP contribution in [-0.2, 0) is 17.6 Å². The Kier molecular flexibility index (Phi) is 3.36. The van der Waals surface area contributed by atoms with Gasteiger partial charge in [-0.2, -0.15) is 5.10 Å². The predicted octanol–water partition coefficient (Wildman–Crippen LogP) is 2.51. The maximum atomic E-state index is 12.2. The van der Waals surface area contributed by atoms with Gasteiger partial charge in [0.05, 0.1) is 11.2 Å². The smallest absolute Gasteiger partial charge is 0.227 e. The Morgan fingerprint density at radius 2 is 2.35 bits per heavy atom. The van der Waals surface area contributed by atoms with E-state index in [2.05, 4.69) is 15.5 Å². The monoisotopic (exact) mass is 291 g/mol. The van der Waals surface area contributed by atoms with E-state index < -0.39 is 0 Å². The summed E-state index contributed by atoms with van der Waals surface area (Å²) in [5.74, 6) is -0.105. The molecule has 5 nitrogen and oxygen atoms in total. The molecule has 2 aromatic rings. The molecule has 6 heteroatoms. The Balaban J connectivity index is 1.69. The summed E-state index contributed by atoms with van der Waals surface area (Å²) in [6.45, 7) is 0. The van der Waals surface area contributed by atoms with E-state index in [0.717, 1.165) is 18.5 Å². The molecule has 1 aromatic carbocycles. The fourth-order valence-electron chi connectivity index (χ4n) is 2.46. The van der Waals surface area contributed by atoms with Crippen molar-refractivity contribution in [3.8, 4) is 5.75 Å². The number of halogens is 1. The Labute approximate surface area is 121 Å². The van der Waals surface area contributed by atoms with Gasteiger partial charge in [-0.25, -0.2) is 0 Å². The van der Waals surface area contributed by atoms with Gasteiger partial charge in [-0.05, 0) is 36.6 Å². The van der Waals surface area contributed by atoms with E-state index in [-0.39, 0.29) is 22.6 Å². The number of aromatic amines is 1. The zero-order valence-electron chi connectivity index (χ0n) is 10.7. The first-order valence-corrected chi connectivity index (χ1v) is 6.82. The molecule has 20 heavy (non-hydrogen) atoms. The van der Waals surface area contributed by atoms with Crippen LogP contribution in [-0.4, -0.2) is 21.2 Å². The van der Waals surface area contributed by atoms with Crippen LogP contribution >= 0.6 is 11.6 Å². The molecule has 1 atom stereocenters. The molecule has 0 saturated heterocycles. The lowest BCUT2D eigenvalue weighted by Gasteiger charge is -2.21. The number of aryl methyl sites for hydroxylation is 1. The predicted molar refractivity (Wildman–Crippen MR) is 75.8 cm³/mol. The summed E-state index contributed by atoms with van der Waals surface area (Å²) in [5.41, 5.74) is 2.83. The first-order valence-electron chi connectivity index (χ1n) is 6.44. The number of nitrogens with one attached hydrogen (secondary N) is 2. The molecule has 1 unspecified atom stereocenters. The van der Waals surface area contributed by atoms with E-state index in [1.54, 1.807) is 12.1 Å². The maximum absolute atomic E-state index is 12.2. The SMILES string of the molecule is O=C(Nc1ccc(O)c(Cl)c1)C1CCc2cn[nH]c2C1. The quantitative estimate of drug-likeness (QED) is 0.744. The van der Waals surface area contributed by atoms with Crippen LogP contribution in [0.5, 0.6) is 5.75 Å². The number of aromatic nitrogens is 2. The standard InChI is InChI=1S/C14H14ClN3O2/c15-11-6-10(3-4-13(11)19)17-14(20)8-1-2-9-7-16-18-12(9)5-8/h3-4,6-8,19H,1-2,5H2,(H,16,18)(H,17,20). The normalized spacial score (nSPS) is 17.6. The third-order valence-electron chi connectivity index (χ3n) is 3.61. The Morgan fingerprint density at radius 3 is 3.15 bits per heavy atom. The number of phenols is 1. The van der Waals surface area contributed by atoms with Crippen molar-refractivity contribution in [2.75, 3.05) is 5.32 Å². The van der Waals surface area contributed by atoms with Gasteiger partial charge in [-0.15, -0.1) is 0 Å². The molecule has 1 aromatic heterocycles. The second-order valence-electron chi connectivity index (χ2n) is 4.97. The second-order valence-corrected chi connectivity index (χ2v) is 5.38. The minimum absolute atomic E-state index is 0.00411. The van der Waals surface area contributed by atoms with Crippen LogP contribution < -0.4 is 5.32 Å². The molecule has 0 aliphatic heterocycles. The number of nitrogens with zero attached hydrogens (tertiary/aromatic N) is 1. The number of hydrogen-bond acceptors (Lipinski definition) is 3. The number of amides is 1. The largest absolute Gasteiger partial charge is 0.506 e. The third-order valence-corrected chi connectivity index (χ3v) is 3.91.